The van der Waals surface area contributed by atoms with Crippen LogP contribution in [0.4, 0.5) is 0 Å². The van der Waals surface area contributed by atoms with E-state index in [4.69, 9.17) is 0 Å². The Morgan fingerprint density at radius 1 is 0.800 bits per heavy atom. The van der Waals surface area contributed by atoms with Gasteiger partial charge in [0.1, 0.15) is 11.5 Å². The summed E-state index contributed by atoms with van der Waals surface area (Å²) < 4.78 is 0. The monoisotopic (exact) mass is 332 g/mol. The van der Waals surface area contributed by atoms with Crippen LogP contribution < -0.4 is 0 Å². The number of phenols is 2. The number of hydrogen-bond donors (Lipinski definition) is 2. The summed E-state index contributed by atoms with van der Waals surface area (Å²) in [6.07, 6.45) is 0.509. The average Bonchev–Trinajstić information content (AvgIpc) is 2.61. The Morgan fingerprint density at radius 3 is 2.20 bits per heavy atom. The molecule has 2 nitrogen and oxygen atoms in total. The number of benzene rings is 3. The molecule has 2 heteroatoms. The van der Waals surface area contributed by atoms with E-state index in [9.17, 15) is 10.2 Å². The molecule has 0 amide bonds. The topological polar surface area (TPSA) is 40.5 Å². The highest BCUT2D eigenvalue weighted by atomic mass is 16.3. The van der Waals surface area contributed by atoms with Crippen LogP contribution in [0.1, 0.15) is 46.2 Å². The van der Waals surface area contributed by atoms with E-state index >= 15 is 0 Å². The summed E-state index contributed by atoms with van der Waals surface area (Å²) in [5, 5.41) is 21.0. The van der Waals surface area contributed by atoms with E-state index in [-0.39, 0.29) is 11.7 Å². The van der Waals surface area contributed by atoms with Gasteiger partial charge < -0.3 is 10.2 Å². The van der Waals surface area contributed by atoms with Crippen molar-refractivity contribution in [2.75, 3.05) is 0 Å². The molecule has 0 spiro atoms. The van der Waals surface area contributed by atoms with E-state index in [1.807, 2.05) is 56.3 Å². The largest absolute Gasteiger partial charge is 0.508 e. The summed E-state index contributed by atoms with van der Waals surface area (Å²) >= 11 is 0. The summed E-state index contributed by atoms with van der Waals surface area (Å²) in [5.74, 6) is 0.693. The van der Waals surface area contributed by atoms with Crippen LogP contribution in [-0.4, -0.2) is 10.2 Å². The number of rotatable bonds is 4. The predicted octanol–water partition coefficient (Wildman–Crippen LogP) is 5.46. The summed E-state index contributed by atoms with van der Waals surface area (Å²) in [6, 6.07) is 19.8. The average molecular weight is 332 g/mol. The summed E-state index contributed by atoms with van der Waals surface area (Å²) in [7, 11) is 0. The van der Waals surface area contributed by atoms with Crippen LogP contribution in [0.15, 0.2) is 60.7 Å². The van der Waals surface area contributed by atoms with Crippen molar-refractivity contribution in [3.63, 3.8) is 0 Å². The van der Waals surface area contributed by atoms with Crippen molar-refractivity contribution in [3.05, 3.63) is 94.0 Å². The van der Waals surface area contributed by atoms with Crippen molar-refractivity contribution in [2.24, 2.45) is 0 Å². The van der Waals surface area contributed by atoms with Gasteiger partial charge in [0, 0.05) is 17.9 Å². The van der Waals surface area contributed by atoms with E-state index in [0.717, 1.165) is 27.8 Å². The predicted molar refractivity (Wildman–Crippen MR) is 102 cm³/mol. The molecular formula is C23H24O2. The number of aryl methyl sites for hydroxylation is 2. The lowest BCUT2D eigenvalue weighted by molar-refractivity contribution is 0.456. The highest BCUT2D eigenvalue weighted by Crippen LogP contribution is 2.36. The molecule has 0 heterocycles. The highest BCUT2D eigenvalue weighted by molar-refractivity contribution is 5.51. The highest BCUT2D eigenvalue weighted by Gasteiger charge is 2.17. The Hall–Kier alpha value is -2.74. The molecule has 0 saturated carbocycles. The lowest BCUT2D eigenvalue weighted by Gasteiger charge is -2.18. The van der Waals surface area contributed by atoms with Crippen LogP contribution in [0.25, 0.3) is 0 Å². The third kappa shape index (κ3) is 3.69. The van der Waals surface area contributed by atoms with Gasteiger partial charge in [-0.2, -0.15) is 0 Å². The molecule has 25 heavy (non-hydrogen) atoms. The lowest BCUT2D eigenvalue weighted by Crippen LogP contribution is -2.01. The molecule has 2 N–H and O–H groups in total. The first-order valence-corrected chi connectivity index (χ1v) is 8.61. The van der Waals surface area contributed by atoms with Gasteiger partial charge in [-0.05, 0) is 36.6 Å². The molecule has 3 rings (SSSR count). The van der Waals surface area contributed by atoms with Crippen molar-refractivity contribution in [2.45, 2.75) is 33.1 Å². The van der Waals surface area contributed by atoms with Crippen molar-refractivity contribution < 1.29 is 10.2 Å². The zero-order valence-electron chi connectivity index (χ0n) is 15.0. The van der Waals surface area contributed by atoms with E-state index in [0.29, 0.717) is 12.2 Å². The van der Waals surface area contributed by atoms with Crippen LogP contribution in [0.3, 0.4) is 0 Å². The van der Waals surface area contributed by atoms with E-state index in [1.54, 1.807) is 6.07 Å². The fraction of sp³-hybridized carbons (Fsp3) is 0.217. The van der Waals surface area contributed by atoms with E-state index < -0.39 is 0 Å². The zero-order valence-corrected chi connectivity index (χ0v) is 15.0. The molecule has 0 aromatic heterocycles. The van der Waals surface area contributed by atoms with Crippen molar-refractivity contribution in [3.8, 4) is 11.5 Å². The minimum atomic E-state index is 0.103. The van der Waals surface area contributed by atoms with Crippen LogP contribution in [0.2, 0.25) is 0 Å². The molecule has 1 unspecified atom stereocenters. The SMILES string of the molecule is Cc1ccc(O)c(Cc2cc(C)cc(C(C)c3ccccc3)c2O)c1. The van der Waals surface area contributed by atoms with Crippen molar-refractivity contribution in [1.29, 1.82) is 0 Å². The summed E-state index contributed by atoms with van der Waals surface area (Å²) in [6.45, 7) is 6.15. The minimum absolute atomic E-state index is 0.103. The standard InChI is InChI=1S/C23H24O2/c1-15-9-10-22(24)19(11-15)14-20-12-16(2)13-21(23(20)25)17(3)18-7-5-4-6-8-18/h4-13,17,24-25H,14H2,1-3H3. The van der Waals surface area contributed by atoms with Crippen molar-refractivity contribution >= 4 is 0 Å². The van der Waals surface area contributed by atoms with E-state index in [1.165, 1.54) is 5.56 Å². The Bertz CT molecular complexity index is 882. The second kappa shape index (κ2) is 7.02. The van der Waals surface area contributed by atoms with Gasteiger partial charge in [0.2, 0.25) is 0 Å². The van der Waals surface area contributed by atoms with Crippen LogP contribution in [0, 0.1) is 13.8 Å². The quantitative estimate of drug-likeness (QED) is 0.666. The Balaban J connectivity index is 2.02. The number of hydrogen-bond acceptors (Lipinski definition) is 2. The molecule has 128 valence electrons. The fourth-order valence-electron chi connectivity index (χ4n) is 3.33. The van der Waals surface area contributed by atoms with Gasteiger partial charge in [0.05, 0.1) is 0 Å². The first-order valence-electron chi connectivity index (χ1n) is 8.61. The van der Waals surface area contributed by atoms with Gasteiger partial charge in [-0.25, -0.2) is 0 Å². The van der Waals surface area contributed by atoms with Crippen molar-refractivity contribution in [1.82, 2.24) is 0 Å². The molecule has 3 aromatic carbocycles. The van der Waals surface area contributed by atoms with Gasteiger partial charge >= 0.3 is 0 Å². The first kappa shape index (κ1) is 17.1. The maximum absolute atomic E-state index is 10.9. The maximum Gasteiger partial charge on any atom is 0.122 e. The first-order chi connectivity index (χ1) is 12.0. The third-order valence-electron chi connectivity index (χ3n) is 4.74. The lowest BCUT2D eigenvalue weighted by atomic mass is 9.88. The Morgan fingerprint density at radius 2 is 1.48 bits per heavy atom. The molecule has 0 aliphatic carbocycles. The molecule has 0 fully saturated rings. The van der Waals surface area contributed by atoms with Crippen LogP contribution in [-0.2, 0) is 6.42 Å². The molecule has 0 aliphatic heterocycles. The smallest absolute Gasteiger partial charge is 0.122 e. The van der Waals surface area contributed by atoms with Gasteiger partial charge in [0.15, 0.2) is 0 Å². The Labute approximate surface area is 149 Å². The third-order valence-corrected chi connectivity index (χ3v) is 4.74. The van der Waals surface area contributed by atoms with Gasteiger partial charge in [-0.1, -0.05) is 72.6 Å². The Kier molecular flexibility index (Phi) is 4.80. The molecule has 0 bridgehead atoms. The van der Waals surface area contributed by atoms with Crippen LogP contribution >= 0.6 is 0 Å². The van der Waals surface area contributed by atoms with Gasteiger partial charge in [-0.3, -0.25) is 0 Å². The second-order valence-corrected chi connectivity index (χ2v) is 6.80. The number of aromatic hydroxyl groups is 2. The normalized spacial score (nSPS) is 12.1. The molecule has 0 radical (unpaired) electrons. The van der Waals surface area contributed by atoms with Crippen LogP contribution in [0.5, 0.6) is 11.5 Å². The summed E-state index contributed by atoms with van der Waals surface area (Å²) in [4.78, 5) is 0. The summed E-state index contributed by atoms with van der Waals surface area (Å²) in [5.41, 5.74) is 5.98. The van der Waals surface area contributed by atoms with Gasteiger partial charge in [0.25, 0.3) is 0 Å². The molecule has 1 atom stereocenters. The molecular weight excluding hydrogens is 308 g/mol. The maximum atomic E-state index is 10.9. The molecule has 0 aliphatic rings. The second-order valence-electron chi connectivity index (χ2n) is 6.80. The minimum Gasteiger partial charge on any atom is -0.508 e. The van der Waals surface area contributed by atoms with Gasteiger partial charge in [-0.15, -0.1) is 0 Å². The zero-order chi connectivity index (χ0) is 18.0. The fourth-order valence-corrected chi connectivity index (χ4v) is 3.33. The molecule has 0 saturated heterocycles. The number of phenolic OH excluding ortho intramolecular Hbond substituents is 2. The molecule has 3 aromatic rings. The van der Waals surface area contributed by atoms with E-state index in [2.05, 4.69) is 19.1 Å².